The van der Waals surface area contributed by atoms with Crippen molar-refractivity contribution in [3.8, 4) is 11.4 Å². The maximum absolute atomic E-state index is 5.71. The third kappa shape index (κ3) is 3.72. The zero-order valence-electron chi connectivity index (χ0n) is 13.8. The van der Waals surface area contributed by atoms with E-state index >= 15 is 0 Å². The van der Waals surface area contributed by atoms with Crippen molar-refractivity contribution in [3.05, 3.63) is 36.3 Å². The second-order valence-electron chi connectivity index (χ2n) is 5.78. The molecule has 0 N–H and O–H groups in total. The maximum atomic E-state index is 5.71. The Morgan fingerprint density at radius 1 is 1.20 bits per heavy atom. The monoisotopic (exact) mass is 358 g/mol. The summed E-state index contributed by atoms with van der Waals surface area (Å²) in [5, 5.41) is 17.7. The van der Waals surface area contributed by atoms with Crippen LogP contribution in [0.5, 0.6) is 0 Å². The number of nitrogens with zero attached hydrogens (tertiary/aromatic N) is 6. The van der Waals surface area contributed by atoms with Gasteiger partial charge in [-0.15, -0.1) is 20.4 Å². The summed E-state index contributed by atoms with van der Waals surface area (Å²) in [6, 6.07) is 3.84. The molecule has 0 atom stereocenters. The van der Waals surface area contributed by atoms with Gasteiger partial charge in [-0.3, -0.25) is 9.55 Å². The Morgan fingerprint density at radius 3 is 2.80 bits per heavy atom. The molecule has 4 rings (SSSR count). The Hall–Kier alpha value is -2.26. The number of pyridine rings is 1. The summed E-state index contributed by atoms with van der Waals surface area (Å²) >= 11 is 1.53. The average molecular weight is 358 g/mol. The molecule has 1 aliphatic rings. The van der Waals surface area contributed by atoms with Crippen LogP contribution in [0.15, 0.2) is 34.1 Å². The van der Waals surface area contributed by atoms with E-state index in [1.807, 2.05) is 16.7 Å². The van der Waals surface area contributed by atoms with Crippen LogP contribution < -0.4 is 0 Å². The zero-order chi connectivity index (χ0) is 17.1. The van der Waals surface area contributed by atoms with Crippen LogP contribution in [0.3, 0.4) is 0 Å². The van der Waals surface area contributed by atoms with Gasteiger partial charge in [-0.2, -0.15) is 0 Å². The second kappa shape index (κ2) is 7.32. The van der Waals surface area contributed by atoms with E-state index in [0.29, 0.717) is 30.7 Å². The summed E-state index contributed by atoms with van der Waals surface area (Å²) in [5.41, 5.74) is 0.972. The molecule has 3 heterocycles. The normalized spacial score (nSPS) is 14.1. The van der Waals surface area contributed by atoms with Gasteiger partial charge >= 0.3 is 0 Å². The van der Waals surface area contributed by atoms with Crippen LogP contribution in [0.2, 0.25) is 0 Å². The fourth-order valence-electron chi connectivity index (χ4n) is 2.44. The van der Waals surface area contributed by atoms with Gasteiger partial charge in [-0.05, 0) is 25.0 Å². The standard InChI is InChI=1S/C16H18N6O2S/c1-23-9-8-22-14(11-4-6-17-7-5-11)19-21-16(22)25-10-13-18-20-15(24-13)12-2-3-12/h4-7,12H,2-3,8-10H2,1H3. The van der Waals surface area contributed by atoms with Gasteiger partial charge < -0.3 is 9.15 Å². The van der Waals surface area contributed by atoms with Crippen LogP contribution in [0.25, 0.3) is 11.4 Å². The smallest absolute Gasteiger partial charge is 0.226 e. The molecule has 0 aliphatic heterocycles. The molecule has 8 nitrogen and oxygen atoms in total. The van der Waals surface area contributed by atoms with Crippen LogP contribution >= 0.6 is 11.8 Å². The Kier molecular flexibility index (Phi) is 4.75. The summed E-state index contributed by atoms with van der Waals surface area (Å²) in [4.78, 5) is 4.05. The highest BCUT2D eigenvalue weighted by molar-refractivity contribution is 7.98. The van der Waals surface area contributed by atoms with Gasteiger partial charge in [-0.25, -0.2) is 0 Å². The number of thioether (sulfide) groups is 1. The Balaban J connectivity index is 1.52. The minimum atomic E-state index is 0.467. The molecule has 0 radical (unpaired) electrons. The second-order valence-corrected chi connectivity index (χ2v) is 6.73. The van der Waals surface area contributed by atoms with Gasteiger partial charge in [0.05, 0.1) is 18.9 Å². The molecule has 1 aliphatic carbocycles. The summed E-state index contributed by atoms with van der Waals surface area (Å²) in [5.74, 6) is 3.22. The predicted molar refractivity (Wildman–Crippen MR) is 91.0 cm³/mol. The number of rotatable bonds is 8. The van der Waals surface area contributed by atoms with Crippen molar-refractivity contribution < 1.29 is 9.15 Å². The maximum Gasteiger partial charge on any atom is 0.226 e. The molecule has 0 aromatic carbocycles. The van der Waals surface area contributed by atoms with Crippen LogP contribution in [-0.4, -0.2) is 43.7 Å². The molecule has 0 unspecified atom stereocenters. The van der Waals surface area contributed by atoms with E-state index in [9.17, 15) is 0 Å². The molecule has 1 fully saturated rings. The zero-order valence-corrected chi connectivity index (χ0v) is 14.6. The molecule has 3 aromatic heterocycles. The lowest BCUT2D eigenvalue weighted by molar-refractivity contribution is 0.185. The van der Waals surface area contributed by atoms with Crippen LogP contribution in [-0.2, 0) is 17.0 Å². The lowest BCUT2D eigenvalue weighted by Crippen LogP contribution is -2.07. The third-order valence-corrected chi connectivity index (χ3v) is 4.86. The van der Waals surface area contributed by atoms with Crippen molar-refractivity contribution in [1.82, 2.24) is 29.9 Å². The number of hydrogen-bond acceptors (Lipinski definition) is 8. The van der Waals surface area contributed by atoms with Gasteiger partial charge in [0.2, 0.25) is 11.8 Å². The van der Waals surface area contributed by atoms with E-state index in [0.717, 1.165) is 35.3 Å². The van der Waals surface area contributed by atoms with Crippen molar-refractivity contribution in [2.24, 2.45) is 0 Å². The van der Waals surface area contributed by atoms with Gasteiger partial charge in [0.25, 0.3) is 0 Å². The molecule has 3 aromatic rings. The molecule has 0 spiro atoms. The van der Waals surface area contributed by atoms with E-state index in [2.05, 4.69) is 25.4 Å². The summed E-state index contributed by atoms with van der Waals surface area (Å²) in [6.07, 6.45) is 5.79. The topological polar surface area (TPSA) is 91.8 Å². The Labute approximate surface area is 149 Å². The molecule has 0 amide bonds. The molecule has 130 valence electrons. The minimum Gasteiger partial charge on any atom is -0.424 e. The van der Waals surface area contributed by atoms with Gasteiger partial charge in [0, 0.05) is 31.0 Å². The van der Waals surface area contributed by atoms with Gasteiger partial charge in [0.15, 0.2) is 11.0 Å². The highest BCUT2D eigenvalue weighted by atomic mass is 32.2. The van der Waals surface area contributed by atoms with Crippen molar-refractivity contribution in [1.29, 1.82) is 0 Å². The predicted octanol–water partition coefficient (Wildman–Crippen LogP) is 2.54. The summed E-state index contributed by atoms with van der Waals surface area (Å²) in [7, 11) is 1.68. The first kappa shape index (κ1) is 16.2. The average Bonchev–Trinajstić information content (AvgIpc) is 3.26. The number of hydrogen-bond donors (Lipinski definition) is 0. The molecule has 25 heavy (non-hydrogen) atoms. The van der Waals surface area contributed by atoms with Crippen LogP contribution in [0, 0.1) is 0 Å². The Morgan fingerprint density at radius 2 is 2.04 bits per heavy atom. The molecule has 0 saturated heterocycles. The van der Waals surface area contributed by atoms with Gasteiger partial charge in [0.1, 0.15) is 0 Å². The number of aromatic nitrogens is 6. The highest BCUT2D eigenvalue weighted by Gasteiger charge is 2.29. The fourth-order valence-corrected chi connectivity index (χ4v) is 3.24. The SMILES string of the molecule is COCCn1c(SCc2nnc(C3CC3)o2)nnc1-c1ccncc1. The molecule has 9 heteroatoms. The van der Waals surface area contributed by atoms with E-state index < -0.39 is 0 Å². The quantitative estimate of drug-likeness (QED) is 0.567. The van der Waals surface area contributed by atoms with E-state index in [-0.39, 0.29) is 0 Å². The van der Waals surface area contributed by atoms with Crippen LogP contribution in [0.1, 0.15) is 30.5 Å². The highest BCUT2D eigenvalue weighted by Crippen LogP contribution is 2.39. The van der Waals surface area contributed by atoms with E-state index in [1.165, 1.54) is 11.8 Å². The van der Waals surface area contributed by atoms with E-state index in [4.69, 9.17) is 9.15 Å². The molecule has 1 saturated carbocycles. The van der Waals surface area contributed by atoms with Crippen molar-refractivity contribution in [2.45, 2.75) is 36.2 Å². The lowest BCUT2D eigenvalue weighted by Gasteiger charge is -2.08. The minimum absolute atomic E-state index is 0.467. The fraction of sp³-hybridized carbons (Fsp3) is 0.438. The first-order chi connectivity index (χ1) is 12.3. The first-order valence-electron chi connectivity index (χ1n) is 8.12. The lowest BCUT2D eigenvalue weighted by atomic mass is 10.2. The molecular formula is C16H18N6O2S. The summed E-state index contributed by atoms with van der Waals surface area (Å²) in [6.45, 7) is 1.25. The van der Waals surface area contributed by atoms with Crippen molar-refractivity contribution in [3.63, 3.8) is 0 Å². The number of ether oxygens (including phenoxy) is 1. The third-order valence-electron chi connectivity index (χ3n) is 3.91. The first-order valence-corrected chi connectivity index (χ1v) is 9.11. The van der Waals surface area contributed by atoms with Crippen molar-refractivity contribution in [2.75, 3.05) is 13.7 Å². The summed E-state index contributed by atoms with van der Waals surface area (Å²) < 4.78 is 13.0. The van der Waals surface area contributed by atoms with Crippen LogP contribution in [0.4, 0.5) is 0 Å². The largest absolute Gasteiger partial charge is 0.424 e. The number of methoxy groups -OCH3 is 1. The van der Waals surface area contributed by atoms with Gasteiger partial charge in [-0.1, -0.05) is 11.8 Å². The molecule has 0 bridgehead atoms. The molecular weight excluding hydrogens is 340 g/mol. The van der Waals surface area contributed by atoms with Crippen molar-refractivity contribution >= 4 is 11.8 Å². The van der Waals surface area contributed by atoms with E-state index in [1.54, 1.807) is 19.5 Å². The Bertz CT molecular complexity index is 830.